The molecule has 5 nitrogen and oxygen atoms in total. The fourth-order valence-corrected chi connectivity index (χ4v) is 5.79. The normalized spacial score (nSPS) is 19.1. The van der Waals surface area contributed by atoms with Crippen molar-refractivity contribution in [3.05, 3.63) is 46.3 Å². The maximum Gasteiger partial charge on any atom is 0.250 e. The Morgan fingerprint density at radius 2 is 2.00 bits per heavy atom. The van der Waals surface area contributed by atoms with Crippen LogP contribution in [0.1, 0.15) is 34.7 Å². The third kappa shape index (κ3) is 3.08. The third-order valence-electron chi connectivity index (χ3n) is 4.97. The number of nitrogens with two attached hydrogens (primary N) is 1. The maximum atomic E-state index is 11.9. The second-order valence-corrected chi connectivity index (χ2v) is 9.75. The number of rotatable bonds is 3. The minimum Gasteiger partial charge on any atom is -0.366 e. The molecule has 2 aromatic heterocycles. The van der Waals surface area contributed by atoms with E-state index in [1.54, 1.807) is 11.3 Å². The lowest BCUT2D eigenvalue weighted by Gasteiger charge is -2.39. The number of aromatic amines is 1. The summed E-state index contributed by atoms with van der Waals surface area (Å²) in [4.78, 5) is 15.2. The zero-order chi connectivity index (χ0) is 17.6. The molecule has 1 amide bonds. The predicted octanol–water partition coefficient (Wildman–Crippen LogP) is 4.62. The van der Waals surface area contributed by atoms with Gasteiger partial charge >= 0.3 is 0 Å². The highest BCUT2D eigenvalue weighted by Gasteiger charge is 2.27. The highest BCUT2D eigenvalue weighted by molar-refractivity contribution is 8.24. The van der Waals surface area contributed by atoms with Crippen molar-refractivity contribution >= 4 is 38.7 Å². The molecule has 0 spiro atoms. The zero-order valence-corrected chi connectivity index (χ0v) is 15.2. The van der Waals surface area contributed by atoms with Gasteiger partial charge in [0.15, 0.2) is 0 Å². The molecule has 0 aliphatic carbocycles. The SMILES string of the molecule is NC(=O)c1cc(-c2ccsc2)cc2c(C3CCS(O)(O)CC3)c[nH]c12. The van der Waals surface area contributed by atoms with Gasteiger partial charge in [-0.2, -0.15) is 21.9 Å². The van der Waals surface area contributed by atoms with Crippen LogP contribution in [0.4, 0.5) is 0 Å². The van der Waals surface area contributed by atoms with E-state index in [0.29, 0.717) is 17.1 Å². The maximum absolute atomic E-state index is 11.9. The fraction of sp³-hybridized carbons (Fsp3) is 0.278. The Hall–Kier alpha value is -1.80. The monoisotopic (exact) mass is 376 g/mol. The average molecular weight is 377 g/mol. The van der Waals surface area contributed by atoms with E-state index in [4.69, 9.17) is 5.73 Å². The number of hydrogen-bond donors (Lipinski definition) is 4. The number of carbonyl (C=O) groups is 1. The topological polar surface area (TPSA) is 99.3 Å². The van der Waals surface area contributed by atoms with Crippen molar-refractivity contribution in [2.24, 2.45) is 5.73 Å². The first-order valence-electron chi connectivity index (χ1n) is 8.15. The second kappa shape index (κ2) is 6.17. The van der Waals surface area contributed by atoms with Crippen molar-refractivity contribution in [3.8, 4) is 11.1 Å². The second-order valence-electron chi connectivity index (χ2n) is 6.55. The summed E-state index contributed by atoms with van der Waals surface area (Å²) in [6, 6.07) is 5.96. The van der Waals surface area contributed by atoms with Crippen LogP contribution in [0.5, 0.6) is 0 Å². The van der Waals surface area contributed by atoms with Crippen molar-refractivity contribution in [1.29, 1.82) is 0 Å². The molecular formula is C18H20N2O3S2. The molecule has 5 N–H and O–H groups in total. The highest BCUT2D eigenvalue weighted by Crippen LogP contribution is 2.49. The largest absolute Gasteiger partial charge is 0.366 e. The molecule has 1 aromatic carbocycles. The molecule has 1 aliphatic heterocycles. The minimum absolute atomic E-state index is 0.257. The summed E-state index contributed by atoms with van der Waals surface area (Å²) in [5, 5.41) is 5.06. The first-order valence-corrected chi connectivity index (χ1v) is 11.0. The molecule has 132 valence electrons. The molecule has 0 bridgehead atoms. The van der Waals surface area contributed by atoms with Gasteiger partial charge in [-0.25, -0.2) is 0 Å². The number of hydrogen-bond acceptors (Lipinski definition) is 4. The molecule has 1 saturated heterocycles. The molecule has 3 aromatic rings. The van der Waals surface area contributed by atoms with Crippen molar-refractivity contribution in [3.63, 3.8) is 0 Å². The summed E-state index contributed by atoms with van der Waals surface area (Å²) >= 11 is 1.61. The van der Waals surface area contributed by atoms with Gasteiger partial charge in [-0.05, 0) is 64.4 Å². The molecule has 0 atom stereocenters. The van der Waals surface area contributed by atoms with Crippen molar-refractivity contribution in [2.45, 2.75) is 18.8 Å². The first kappa shape index (κ1) is 16.7. The van der Waals surface area contributed by atoms with Crippen LogP contribution < -0.4 is 5.73 Å². The van der Waals surface area contributed by atoms with Crippen LogP contribution in [0.3, 0.4) is 0 Å². The van der Waals surface area contributed by atoms with E-state index < -0.39 is 16.5 Å². The lowest BCUT2D eigenvalue weighted by Crippen LogP contribution is -2.19. The van der Waals surface area contributed by atoms with E-state index >= 15 is 0 Å². The number of aromatic nitrogens is 1. The minimum atomic E-state index is -2.41. The van der Waals surface area contributed by atoms with Gasteiger partial charge in [0.1, 0.15) is 0 Å². The Labute approximate surface area is 151 Å². The van der Waals surface area contributed by atoms with E-state index in [1.807, 2.05) is 29.1 Å². The lowest BCUT2D eigenvalue weighted by molar-refractivity contribution is 0.100. The molecule has 0 radical (unpaired) electrons. The van der Waals surface area contributed by atoms with Gasteiger partial charge in [0.25, 0.3) is 5.91 Å². The Kier molecular flexibility index (Phi) is 4.11. The molecule has 1 fully saturated rings. The Balaban J connectivity index is 1.83. The standard InChI is InChI=1S/C18H20N2O3S2/c19-18(21)15-8-13(12-1-4-24-10-12)7-14-16(9-20-17(14)15)11-2-5-25(22,23)6-3-11/h1,4,7-11,20,22-23H,2-3,5-6H2,(H2,19,21). The smallest absolute Gasteiger partial charge is 0.250 e. The van der Waals surface area contributed by atoms with E-state index in [0.717, 1.165) is 40.4 Å². The third-order valence-corrected chi connectivity index (χ3v) is 7.43. The summed E-state index contributed by atoms with van der Waals surface area (Å²) in [6.45, 7) is 0. The molecule has 0 saturated carbocycles. The van der Waals surface area contributed by atoms with E-state index in [2.05, 4.69) is 11.1 Å². The molecule has 25 heavy (non-hydrogen) atoms. The van der Waals surface area contributed by atoms with Gasteiger partial charge in [-0.1, -0.05) is 0 Å². The number of H-pyrrole nitrogens is 1. The summed E-state index contributed by atoms with van der Waals surface area (Å²) in [7, 11) is -2.41. The Morgan fingerprint density at radius 1 is 1.24 bits per heavy atom. The van der Waals surface area contributed by atoms with Crippen LogP contribution in [-0.2, 0) is 0 Å². The predicted molar refractivity (Wildman–Crippen MR) is 105 cm³/mol. The zero-order valence-electron chi connectivity index (χ0n) is 13.6. The number of primary amides is 1. The van der Waals surface area contributed by atoms with Crippen molar-refractivity contribution in [2.75, 3.05) is 11.5 Å². The van der Waals surface area contributed by atoms with Gasteiger partial charge in [0.05, 0.1) is 11.1 Å². The summed E-state index contributed by atoms with van der Waals surface area (Å²) in [5.74, 6) is 0.689. The van der Waals surface area contributed by atoms with Gasteiger partial charge < -0.3 is 10.7 Å². The Bertz CT molecular complexity index is 921. The number of benzene rings is 1. The van der Waals surface area contributed by atoms with E-state index in [9.17, 15) is 13.9 Å². The van der Waals surface area contributed by atoms with Gasteiger partial charge in [0, 0.05) is 23.1 Å². The van der Waals surface area contributed by atoms with E-state index in [1.165, 1.54) is 0 Å². The summed E-state index contributed by atoms with van der Waals surface area (Å²) in [6.07, 6.45) is 3.42. The number of thiophene rings is 1. The molecule has 4 rings (SSSR count). The quantitative estimate of drug-likeness (QED) is 0.536. The van der Waals surface area contributed by atoms with Crippen LogP contribution >= 0.6 is 21.9 Å². The molecule has 7 heteroatoms. The number of fused-ring (bicyclic) bond motifs is 1. The van der Waals surface area contributed by atoms with Gasteiger partial charge in [-0.3, -0.25) is 13.9 Å². The van der Waals surface area contributed by atoms with Crippen LogP contribution in [0.2, 0.25) is 0 Å². The summed E-state index contributed by atoms with van der Waals surface area (Å²) in [5.41, 5.74) is 10.0. The highest BCUT2D eigenvalue weighted by atomic mass is 32.3. The van der Waals surface area contributed by atoms with Gasteiger partial charge in [-0.15, -0.1) is 0 Å². The molecule has 0 unspecified atom stereocenters. The van der Waals surface area contributed by atoms with Crippen LogP contribution in [-0.4, -0.2) is 31.5 Å². The molecule has 1 aliphatic rings. The van der Waals surface area contributed by atoms with Crippen LogP contribution in [0.25, 0.3) is 22.0 Å². The van der Waals surface area contributed by atoms with E-state index in [-0.39, 0.29) is 5.92 Å². The van der Waals surface area contributed by atoms with Crippen molar-refractivity contribution < 1.29 is 13.9 Å². The Morgan fingerprint density at radius 3 is 2.64 bits per heavy atom. The average Bonchev–Trinajstić information content (AvgIpc) is 3.23. The van der Waals surface area contributed by atoms with Crippen LogP contribution in [0.15, 0.2) is 35.2 Å². The molecule has 3 heterocycles. The summed E-state index contributed by atoms with van der Waals surface area (Å²) < 4.78 is 19.7. The fourth-order valence-electron chi connectivity index (χ4n) is 3.60. The number of nitrogens with one attached hydrogen (secondary N) is 1. The van der Waals surface area contributed by atoms with Crippen LogP contribution in [0, 0.1) is 0 Å². The first-order chi connectivity index (χ1) is 11.9. The van der Waals surface area contributed by atoms with Gasteiger partial charge in [0.2, 0.25) is 0 Å². The number of carbonyl (C=O) groups excluding carboxylic acids is 1. The lowest BCUT2D eigenvalue weighted by atomic mass is 9.91. The molecular weight excluding hydrogens is 356 g/mol. The van der Waals surface area contributed by atoms with Crippen molar-refractivity contribution in [1.82, 2.24) is 4.98 Å². The number of amides is 1.